The van der Waals surface area contributed by atoms with Crippen LogP contribution in [0.25, 0.3) is 11.3 Å². The van der Waals surface area contributed by atoms with Crippen LogP contribution in [0.3, 0.4) is 0 Å². The Labute approximate surface area is 206 Å². The average molecular weight is 491 g/mol. The van der Waals surface area contributed by atoms with Crippen molar-refractivity contribution in [2.45, 2.75) is 13.1 Å². The van der Waals surface area contributed by atoms with Gasteiger partial charge in [0.2, 0.25) is 0 Å². The van der Waals surface area contributed by atoms with E-state index in [4.69, 9.17) is 4.74 Å². The minimum Gasteiger partial charge on any atom is -0.464 e. The standard InChI is InChI=1S/C24H26N8O4/c1-25-9-10-31-14-18(12-26-31)19-7-8-21(33)32(28-19)13-16-5-4-6-17(11-16)23(34)27-20-15-30(2)29-22(20)24(35)36-3/h4-8,11-12,14-15,25H,9-10,13H2,1-3H3,(H,27,34). The van der Waals surface area contributed by atoms with Crippen molar-refractivity contribution in [2.24, 2.45) is 7.05 Å². The number of aromatic nitrogens is 6. The van der Waals surface area contributed by atoms with Gasteiger partial charge >= 0.3 is 5.97 Å². The number of hydrogen-bond acceptors (Lipinski definition) is 8. The SMILES string of the molecule is CNCCn1cc(-c2ccc(=O)n(Cc3cccc(C(=O)Nc4cn(C)nc4C(=O)OC)c3)n2)cn1. The molecule has 4 aromatic rings. The van der Waals surface area contributed by atoms with Gasteiger partial charge in [-0.05, 0) is 30.8 Å². The van der Waals surface area contributed by atoms with Gasteiger partial charge in [0.25, 0.3) is 11.5 Å². The zero-order valence-corrected chi connectivity index (χ0v) is 20.1. The van der Waals surface area contributed by atoms with E-state index in [1.807, 2.05) is 13.2 Å². The van der Waals surface area contributed by atoms with E-state index in [1.54, 1.807) is 48.3 Å². The lowest BCUT2D eigenvalue weighted by molar-refractivity contribution is 0.0594. The molecule has 0 aliphatic rings. The summed E-state index contributed by atoms with van der Waals surface area (Å²) in [5, 5.41) is 18.6. The van der Waals surface area contributed by atoms with Crippen LogP contribution in [-0.4, -0.2) is 61.9 Å². The van der Waals surface area contributed by atoms with Crippen LogP contribution >= 0.6 is 0 Å². The molecule has 2 N–H and O–H groups in total. The van der Waals surface area contributed by atoms with E-state index < -0.39 is 11.9 Å². The summed E-state index contributed by atoms with van der Waals surface area (Å²) in [5.74, 6) is -1.09. The number of aryl methyl sites for hydroxylation is 1. The maximum Gasteiger partial charge on any atom is 0.360 e. The number of nitrogens with zero attached hydrogens (tertiary/aromatic N) is 6. The molecular weight excluding hydrogens is 464 g/mol. The topological polar surface area (TPSA) is 138 Å². The van der Waals surface area contributed by atoms with Crippen molar-refractivity contribution >= 4 is 17.6 Å². The second-order valence-electron chi connectivity index (χ2n) is 8.02. The van der Waals surface area contributed by atoms with Gasteiger partial charge in [0, 0.05) is 43.2 Å². The first-order valence-electron chi connectivity index (χ1n) is 11.2. The van der Waals surface area contributed by atoms with Crippen molar-refractivity contribution in [3.63, 3.8) is 0 Å². The number of methoxy groups -OCH3 is 1. The van der Waals surface area contributed by atoms with Gasteiger partial charge in [-0.1, -0.05) is 12.1 Å². The first-order valence-corrected chi connectivity index (χ1v) is 11.2. The lowest BCUT2D eigenvalue weighted by atomic mass is 10.1. The van der Waals surface area contributed by atoms with Crippen molar-refractivity contribution in [1.29, 1.82) is 0 Å². The van der Waals surface area contributed by atoms with E-state index in [-0.39, 0.29) is 23.5 Å². The van der Waals surface area contributed by atoms with Gasteiger partial charge in [-0.3, -0.25) is 19.0 Å². The van der Waals surface area contributed by atoms with Crippen LogP contribution in [0.15, 0.2) is 59.8 Å². The van der Waals surface area contributed by atoms with E-state index in [2.05, 4.69) is 25.9 Å². The summed E-state index contributed by atoms with van der Waals surface area (Å²) in [4.78, 5) is 37.3. The molecule has 0 radical (unpaired) electrons. The number of ether oxygens (including phenoxy) is 1. The smallest absolute Gasteiger partial charge is 0.360 e. The van der Waals surface area contributed by atoms with Gasteiger partial charge in [-0.15, -0.1) is 0 Å². The Bertz CT molecular complexity index is 1450. The fourth-order valence-electron chi connectivity index (χ4n) is 3.57. The fourth-order valence-corrected chi connectivity index (χ4v) is 3.57. The summed E-state index contributed by atoms with van der Waals surface area (Å²) >= 11 is 0. The van der Waals surface area contributed by atoms with E-state index >= 15 is 0 Å². The number of likely N-dealkylation sites (N-methyl/N-ethyl adjacent to an activating group) is 1. The highest BCUT2D eigenvalue weighted by Gasteiger charge is 2.19. The average Bonchev–Trinajstić information content (AvgIpc) is 3.50. The molecule has 0 aliphatic carbocycles. The fraction of sp³-hybridized carbons (Fsp3) is 0.250. The monoisotopic (exact) mass is 490 g/mol. The molecule has 4 rings (SSSR count). The molecule has 0 unspecified atom stereocenters. The second kappa shape index (κ2) is 10.8. The molecule has 1 amide bonds. The Balaban J connectivity index is 1.53. The summed E-state index contributed by atoms with van der Waals surface area (Å²) in [6, 6.07) is 9.95. The second-order valence-corrected chi connectivity index (χ2v) is 8.02. The first-order chi connectivity index (χ1) is 17.4. The molecule has 0 bridgehead atoms. The van der Waals surface area contributed by atoms with Gasteiger partial charge in [0.15, 0.2) is 5.69 Å². The van der Waals surface area contributed by atoms with Crippen LogP contribution in [0.1, 0.15) is 26.4 Å². The molecule has 0 aliphatic heterocycles. The Morgan fingerprint density at radius 3 is 2.72 bits per heavy atom. The summed E-state index contributed by atoms with van der Waals surface area (Å²) in [6.07, 6.45) is 5.10. The van der Waals surface area contributed by atoms with Gasteiger partial charge in [0.05, 0.1) is 37.8 Å². The van der Waals surface area contributed by atoms with Crippen molar-refractivity contribution in [3.05, 3.63) is 82.2 Å². The number of esters is 1. The molecule has 12 heteroatoms. The molecule has 12 nitrogen and oxygen atoms in total. The van der Waals surface area contributed by atoms with Gasteiger partial charge in [-0.2, -0.15) is 15.3 Å². The third-order valence-corrected chi connectivity index (χ3v) is 5.36. The van der Waals surface area contributed by atoms with Crippen molar-refractivity contribution in [3.8, 4) is 11.3 Å². The Hall–Kier alpha value is -4.58. The Morgan fingerprint density at radius 2 is 1.94 bits per heavy atom. The molecule has 1 aromatic carbocycles. The summed E-state index contributed by atoms with van der Waals surface area (Å²) < 4.78 is 9.28. The summed E-state index contributed by atoms with van der Waals surface area (Å²) in [6.45, 7) is 1.66. The molecule has 0 spiro atoms. The zero-order chi connectivity index (χ0) is 25.7. The molecule has 0 saturated heterocycles. The molecule has 0 saturated carbocycles. The molecule has 36 heavy (non-hydrogen) atoms. The molecule has 3 heterocycles. The number of anilines is 1. The van der Waals surface area contributed by atoms with E-state index in [0.717, 1.165) is 12.1 Å². The van der Waals surface area contributed by atoms with Gasteiger partial charge in [0.1, 0.15) is 0 Å². The lowest BCUT2D eigenvalue weighted by Crippen LogP contribution is -2.23. The van der Waals surface area contributed by atoms with Gasteiger partial charge < -0.3 is 15.4 Å². The van der Waals surface area contributed by atoms with Crippen molar-refractivity contribution in [2.75, 3.05) is 26.0 Å². The number of nitrogens with one attached hydrogen (secondary N) is 2. The largest absolute Gasteiger partial charge is 0.464 e. The highest BCUT2D eigenvalue weighted by atomic mass is 16.5. The molecule has 0 fully saturated rings. The van der Waals surface area contributed by atoms with Crippen LogP contribution in [0.4, 0.5) is 5.69 Å². The number of amides is 1. The third kappa shape index (κ3) is 5.55. The Morgan fingerprint density at radius 1 is 1.11 bits per heavy atom. The van der Waals surface area contributed by atoms with Crippen LogP contribution < -0.4 is 16.2 Å². The first kappa shape index (κ1) is 24.5. The zero-order valence-electron chi connectivity index (χ0n) is 20.1. The van der Waals surface area contributed by atoms with Crippen molar-refractivity contribution in [1.82, 2.24) is 34.7 Å². The quantitative estimate of drug-likeness (QED) is 0.333. The molecule has 186 valence electrons. The number of carbonyl (C=O) groups excluding carboxylic acids is 2. The van der Waals surface area contributed by atoms with Gasteiger partial charge in [-0.25, -0.2) is 9.48 Å². The summed E-state index contributed by atoms with van der Waals surface area (Å²) in [7, 11) is 4.75. The maximum atomic E-state index is 12.9. The number of carbonyl (C=O) groups is 2. The lowest BCUT2D eigenvalue weighted by Gasteiger charge is -2.09. The summed E-state index contributed by atoms with van der Waals surface area (Å²) in [5.41, 5.74) is 2.44. The van der Waals surface area contributed by atoms with Crippen LogP contribution in [0.2, 0.25) is 0 Å². The predicted octanol–water partition coefficient (Wildman–Crippen LogP) is 1.15. The molecule has 0 atom stereocenters. The van der Waals surface area contributed by atoms with Crippen molar-refractivity contribution < 1.29 is 14.3 Å². The minimum absolute atomic E-state index is 0.00588. The molecular formula is C24H26N8O4. The predicted molar refractivity (Wildman–Crippen MR) is 132 cm³/mol. The van der Waals surface area contributed by atoms with Crippen LogP contribution in [0, 0.1) is 0 Å². The van der Waals surface area contributed by atoms with Crippen LogP contribution in [0.5, 0.6) is 0 Å². The van der Waals surface area contributed by atoms with E-state index in [0.29, 0.717) is 23.4 Å². The minimum atomic E-state index is -0.655. The maximum absolute atomic E-state index is 12.9. The van der Waals surface area contributed by atoms with Crippen LogP contribution in [-0.2, 0) is 24.9 Å². The third-order valence-electron chi connectivity index (χ3n) is 5.36. The number of benzene rings is 1. The number of rotatable bonds is 9. The van der Waals surface area contributed by atoms with E-state index in [1.165, 1.54) is 28.7 Å². The Kier molecular flexibility index (Phi) is 7.35. The highest BCUT2D eigenvalue weighted by Crippen LogP contribution is 2.17. The number of hydrogen-bond donors (Lipinski definition) is 2. The highest BCUT2D eigenvalue weighted by molar-refractivity contribution is 6.07. The molecule has 3 aromatic heterocycles. The van der Waals surface area contributed by atoms with E-state index in [9.17, 15) is 14.4 Å². The normalized spacial score (nSPS) is 10.9.